The number of carbonyl (C=O) groups is 2. The van der Waals surface area contributed by atoms with Crippen molar-refractivity contribution in [2.24, 2.45) is 0 Å². The van der Waals surface area contributed by atoms with E-state index in [-0.39, 0.29) is 22.6 Å². The zero-order valence-corrected chi connectivity index (χ0v) is 20.8. The fourth-order valence-corrected chi connectivity index (χ4v) is 3.93. The van der Waals surface area contributed by atoms with E-state index in [1.165, 1.54) is 0 Å². The summed E-state index contributed by atoms with van der Waals surface area (Å²) in [7, 11) is 0. The number of carbonyl (C=O) groups excluding carboxylic acids is 2. The number of nitrogens with one attached hydrogen (secondary N) is 3. The van der Waals surface area contributed by atoms with Gasteiger partial charge in [0.25, 0.3) is 5.91 Å². The van der Waals surface area contributed by atoms with Crippen molar-refractivity contribution < 1.29 is 9.59 Å². The van der Waals surface area contributed by atoms with Gasteiger partial charge in [-0.3, -0.25) is 14.6 Å². The minimum absolute atomic E-state index is 0.137. The summed E-state index contributed by atoms with van der Waals surface area (Å²) in [4.78, 5) is 31.7. The first kappa shape index (κ1) is 24.9. The molecule has 2 heterocycles. The number of nitrogens with zero attached hydrogens (tertiary/aromatic N) is 1. The fraction of sp³-hybridized carbons (Fsp3) is 0.519. The van der Waals surface area contributed by atoms with Crippen molar-refractivity contribution in [2.45, 2.75) is 77.3 Å². The van der Waals surface area contributed by atoms with E-state index >= 15 is 0 Å². The molecule has 0 spiro atoms. The Hall–Kier alpha value is -2.73. The Balaban J connectivity index is 1.87. The lowest BCUT2D eigenvalue weighted by Gasteiger charge is -2.37. The molecule has 0 radical (unpaired) electrons. The van der Waals surface area contributed by atoms with Gasteiger partial charge in [-0.25, -0.2) is 0 Å². The number of rotatable bonds is 5. The lowest BCUT2D eigenvalue weighted by molar-refractivity contribution is -0.128. The first-order chi connectivity index (χ1) is 15.4. The van der Waals surface area contributed by atoms with Crippen LogP contribution in [0.5, 0.6) is 0 Å². The highest BCUT2D eigenvalue weighted by atomic mass is 16.2. The van der Waals surface area contributed by atoms with E-state index in [4.69, 9.17) is 4.98 Å². The number of hydrogen-bond donors (Lipinski definition) is 3. The number of hydrogen-bond acceptors (Lipinski definition) is 4. The summed E-state index contributed by atoms with van der Waals surface area (Å²) in [5.74, 6) is -0.368. The maximum Gasteiger partial charge on any atom is 0.252 e. The summed E-state index contributed by atoms with van der Waals surface area (Å²) >= 11 is 0. The Kier molecular flexibility index (Phi) is 7.27. The third kappa shape index (κ3) is 6.20. The number of piperidine rings is 1. The second-order valence-electron chi connectivity index (χ2n) is 11.1. The molecule has 2 amide bonds. The van der Waals surface area contributed by atoms with Gasteiger partial charge in [-0.05, 0) is 43.6 Å². The summed E-state index contributed by atoms with van der Waals surface area (Å²) in [6.07, 6.45) is 1.09. The van der Waals surface area contributed by atoms with Crippen molar-refractivity contribution in [1.29, 1.82) is 0 Å². The number of aromatic nitrogens is 1. The van der Waals surface area contributed by atoms with Gasteiger partial charge < -0.3 is 16.0 Å². The van der Waals surface area contributed by atoms with Crippen LogP contribution in [-0.4, -0.2) is 35.4 Å². The minimum Gasteiger partial charge on any atom is -0.350 e. The van der Waals surface area contributed by atoms with Crippen LogP contribution in [0.25, 0.3) is 0 Å². The molecule has 1 saturated heterocycles. The molecule has 0 saturated carbocycles. The van der Waals surface area contributed by atoms with Crippen LogP contribution in [0.2, 0.25) is 0 Å². The van der Waals surface area contributed by atoms with Crippen molar-refractivity contribution >= 4 is 11.8 Å². The van der Waals surface area contributed by atoms with Crippen LogP contribution in [0.15, 0.2) is 42.5 Å². The van der Waals surface area contributed by atoms with E-state index in [0.717, 1.165) is 17.0 Å². The van der Waals surface area contributed by atoms with Gasteiger partial charge in [0.15, 0.2) is 0 Å². The van der Waals surface area contributed by atoms with Crippen LogP contribution < -0.4 is 16.0 Å². The average Bonchev–Trinajstić information content (AvgIpc) is 2.77. The van der Waals surface area contributed by atoms with Gasteiger partial charge >= 0.3 is 0 Å². The first-order valence-electron chi connectivity index (χ1n) is 11.8. The van der Waals surface area contributed by atoms with E-state index in [1.54, 1.807) is 0 Å². The summed E-state index contributed by atoms with van der Waals surface area (Å²) in [6, 6.07) is 13.5. The van der Waals surface area contributed by atoms with Crippen molar-refractivity contribution in [1.82, 2.24) is 20.9 Å². The summed E-state index contributed by atoms with van der Waals surface area (Å²) in [5, 5.41) is 9.47. The number of amides is 2. The maximum atomic E-state index is 13.5. The van der Waals surface area contributed by atoms with E-state index in [0.29, 0.717) is 38.0 Å². The molecule has 0 aliphatic carbocycles. The van der Waals surface area contributed by atoms with Gasteiger partial charge in [0.1, 0.15) is 5.54 Å². The van der Waals surface area contributed by atoms with Crippen LogP contribution in [0, 0.1) is 0 Å². The monoisotopic (exact) mass is 450 g/mol. The quantitative estimate of drug-likeness (QED) is 0.646. The van der Waals surface area contributed by atoms with Crippen molar-refractivity contribution in [3.8, 4) is 0 Å². The second kappa shape index (κ2) is 9.64. The van der Waals surface area contributed by atoms with E-state index in [1.807, 2.05) is 42.5 Å². The summed E-state index contributed by atoms with van der Waals surface area (Å²) in [6.45, 7) is 14.3. The first-order valence-corrected chi connectivity index (χ1v) is 11.8. The van der Waals surface area contributed by atoms with Crippen molar-refractivity contribution in [3.63, 3.8) is 0 Å². The molecule has 1 fully saturated rings. The smallest absolute Gasteiger partial charge is 0.252 e. The van der Waals surface area contributed by atoms with Crippen LogP contribution >= 0.6 is 0 Å². The molecule has 2 aromatic rings. The topological polar surface area (TPSA) is 83.1 Å². The Morgan fingerprint density at radius 1 is 0.939 bits per heavy atom. The molecule has 1 aliphatic heterocycles. The normalized spacial score (nSPS) is 16.2. The largest absolute Gasteiger partial charge is 0.350 e. The molecule has 3 N–H and O–H groups in total. The SMILES string of the molecule is CC(C)(C)c1cc(C(=O)NC2(C(=O)NCc3ccccc3)CCNCC2)cc(C(C)(C)C)n1. The Morgan fingerprint density at radius 3 is 2.00 bits per heavy atom. The highest BCUT2D eigenvalue weighted by molar-refractivity contribution is 5.99. The Bertz CT molecular complexity index is 949. The Morgan fingerprint density at radius 2 is 1.48 bits per heavy atom. The standard InChI is InChI=1S/C27H38N4O2/c1-25(2,3)21-16-20(17-22(30-21)26(4,5)6)23(32)31-27(12-14-28-15-13-27)24(33)29-18-19-10-8-7-9-11-19/h7-11,16-17,28H,12-15,18H2,1-6H3,(H,29,33)(H,31,32). The molecule has 6 heteroatoms. The molecule has 0 unspecified atom stereocenters. The molecule has 6 nitrogen and oxygen atoms in total. The molecule has 33 heavy (non-hydrogen) atoms. The number of pyridine rings is 1. The third-order valence-corrected chi connectivity index (χ3v) is 6.16. The van der Waals surface area contributed by atoms with Gasteiger partial charge in [-0.15, -0.1) is 0 Å². The molecule has 178 valence electrons. The van der Waals surface area contributed by atoms with Crippen LogP contribution in [0.3, 0.4) is 0 Å². The predicted octanol–water partition coefficient (Wildman–Crippen LogP) is 3.85. The van der Waals surface area contributed by atoms with Crippen molar-refractivity contribution in [2.75, 3.05) is 13.1 Å². The fourth-order valence-electron chi connectivity index (χ4n) is 3.93. The molecule has 0 bridgehead atoms. The zero-order chi connectivity index (χ0) is 24.3. The van der Waals surface area contributed by atoms with Crippen LogP contribution in [0.1, 0.15) is 81.7 Å². The lowest BCUT2D eigenvalue weighted by Crippen LogP contribution is -2.62. The second-order valence-corrected chi connectivity index (χ2v) is 11.1. The maximum absolute atomic E-state index is 13.5. The van der Waals surface area contributed by atoms with Crippen molar-refractivity contribution in [3.05, 3.63) is 65.0 Å². The number of benzene rings is 1. The van der Waals surface area contributed by atoms with Crippen LogP contribution in [0.4, 0.5) is 0 Å². The van der Waals surface area contributed by atoms with Gasteiger partial charge in [0.05, 0.1) is 0 Å². The molecule has 1 aromatic heterocycles. The predicted molar refractivity (Wildman–Crippen MR) is 132 cm³/mol. The molecule has 3 rings (SSSR count). The average molecular weight is 451 g/mol. The molecule has 0 atom stereocenters. The lowest BCUT2D eigenvalue weighted by atomic mass is 9.85. The molecular formula is C27H38N4O2. The minimum atomic E-state index is -0.940. The summed E-state index contributed by atoms with van der Waals surface area (Å²) < 4.78 is 0. The van der Waals surface area contributed by atoms with Gasteiger partial charge in [0.2, 0.25) is 5.91 Å². The van der Waals surface area contributed by atoms with Gasteiger partial charge in [-0.2, -0.15) is 0 Å². The molecule has 1 aliphatic rings. The van der Waals surface area contributed by atoms with E-state index in [9.17, 15) is 9.59 Å². The van der Waals surface area contributed by atoms with E-state index in [2.05, 4.69) is 57.5 Å². The Labute approximate surface area is 198 Å². The van der Waals surface area contributed by atoms with Gasteiger partial charge in [0, 0.05) is 34.3 Å². The molecule has 1 aromatic carbocycles. The third-order valence-electron chi connectivity index (χ3n) is 6.16. The zero-order valence-electron chi connectivity index (χ0n) is 20.8. The molecular weight excluding hydrogens is 412 g/mol. The highest BCUT2D eigenvalue weighted by Crippen LogP contribution is 2.28. The highest BCUT2D eigenvalue weighted by Gasteiger charge is 2.41. The van der Waals surface area contributed by atoms with E-state index < -0.39 is 5.54 Å². The van der Waals surface area contributed by atoms with Crippen LogP contribution in [-0.2, 0) is 22.2 Å². The summed E-state index contributed by atoms with van der Waals surface area (Å²) in [5.41, 5.74) is 1.98. The van der Waals surface area contributed by atoms with Gasteiger partial charge in [-0.1, -0.05) is 71.9 Å².